The maximum Gasteiger partial charge on any atom is 0.338 e. The lowest BCUT2D eigenvalue weighted by atomic mass is 9.95. The number of esters is 9. The van der Waals surface area contributed by atoms with Gasteiger partial charge in [0, 0.05) is 0 Å². The van der Waals surface area contributed by atoms with Crippen LogP contribution in [-0.4, -0.2) is 176 Å². The molecule has 0 saturated carbocycles. The molecule has 3 saturated heterocycles. The average Bonchev–Trinajstić information content (AvgIpc) is 0.756. The fourth-order valence-electron chi connectivity index (χ4n) is 11.8. The molecule has 2 N–H and O–H groups in total. The van der Waals surface area contributed by atoms with E-state index in [1.165, 1.54) is 182 Å². The highest BCUT2D eigenvalue weighted by molar-refractivity contribution is 5.94. The SMILES string of the molecule is O=C(OC[C@H]1O[C@H](O[C@H]2[C@@H](OC(=O)c3ccccc3)[C@H](OC(=O)c3ccccc3)[C@@H](COC(=O)c3ccccc3)O[C@@H]2O)[C@@H](O[C@H]2O[C@H](CO)[C@@H](OC(=O)c3ccccc3)[C@H](OC(=O)c3ccccc3)[C@@H]2OC(=O)c2ccccc2)[C@@H](OC(=O)c2ccccc2)[C@@H]1OC(=O)c1ccccc1)c1ccccc1. The second-order valence-corrected chi connectivity index (χ2v) is 24.1. The highest BCUT2D eigenvalue weighted by atomic mass is 16.8. The van der Waals surface area contributed by atoms with E-state index in [4.69, 9.17) is 66.3 Å². The van der Waals surface area contributed by atoms with Gasteiger partial charge in [-0.1, -0.05) is 164 Å². The van der Waals surface area contributed by atoms with Gasteiger partial charge in [-0.15, -0.1) is 0 Å². The van der Waals surface area contributed by atoms with E-state index in [1.54, 1.807) is 91.0 Å². The second kappa shape index (κ2) is 35.4. The molecule has 3 fully saturated rings. The fourth-order valence-corrected chi connectivity index (χ4v) is 11.8. The number of ether oxygens (including phenoxy) is 14. The van der Waals surface area contributed by atoms with E-state index in [9.17, 15) is 48.6 Å². The predicted octanol–water partition coefficient (Wildman–Crippen LogP) is 9.21. The van der Waals surface area contributed by atoms with Crippen LogP contribution in [0.15, 0.2) is 273 Å². The molecule has 0 bridgehead atoms. The van der Waals surface area contributed by atoms with Crippen LogP contribution in [0.1, 0.15) is 93.2 Å². The lowest BCUT2D eigenvalue weighted by molar-refractivity contribution is -0.388. The Hall–Kier alpha value is -12.1. The van der Waals surface area contributed by atoms with Gasteiger partial charge in [-0.2, -0.15) is 0 Å². The molecule has 0 aromatic heterocycles. The number of carbonyl (C=O) groups is 9. The molecular formula is C81H68O25. The molecule has 0 unspecified atom stereocenters. The third kappa shape index (κ3) is 18.3. The Morgan fingerprint density at radius 2 is 0.453 bits per heavy atom. The van der Waals surface area contributed by atoms with Crippen LogP contribution in [0, 0.1) is 0 Å². The molecule has 0 spiro atoms. The zero-order valence-corrected chi connectivity index (χ0v) is 56.0. The van der Waals surface area contributed by atoms with E-state index < -0.39 is 166 Å². The van der Waals surface area contributed by atoms with Crippen LogP contribution < -0.4 is 0 Å². The Morgan fingerprint density at radius 1 is 0.245 bits per heavy atom. The molecule has 0 radical (unpaired) electrons. The van der Waals surface area contributed by atoms with Gasteiger partial charge in [-0.3, -0.25) is 0 Å². The average molecular weight is 1440 g/mol. The number of rotatable bonds is 25. The van der Waals surface area contributed by atoms with Gasteiger partial charge in [0.15, 0.2) is 73.8 Å². The molecule has 9 aromatic carbocycles. The molecule has 3 aliphatic rings. The molecule has 25 nitrogen and oxygen atoms in total. The van der Waals surface area contributed by atoms with Crippen molar-refractivity contribution >= 4 is 53.7 Å². The Bertz CT molecular complexity index is 4430. The standard InChI is InChI=1S/C81H68O25/c82-46-58-61(98-72(85)51-32-14-3-15-33-51)65(102-76(89)55-40-22-7-23-41-55)68(104-78(91)57-44-26-9-27-45-57)80(96-58)106-69-66(103-77(90)56-42-24-8-25-43-56)63(100-74(87)53-36-18-5-19-37-53)60(48-94-71(84)50-30-12-2-13-31-50)97-81(69)105-67-64(101-75(88)54-38-20-6-21-39-54)62(99-73(86)52-34-16-4-17-35-52)59(95-79(67)92)47-93-70(83)49-28-10-1-11-29-49/h1-45,58-69,79-82,92H,46-48H2/t58-,59-,60-,61-,62-,63-,64+,65+,66+,67+,68+,69+,79+,80-,81-/m1/s1. The summed E-state index contributed by atoms with van der Waals surface area (Å²) in [5.41, 5.74) is -0.430. The van der Waals surface area contributed by atoms with E-state index in [2.05, 4.69) is 0 Å². The largest absolute Gasteiger partial charge is 0.459 e. The zero-order valence-electron chi connectivity index (χ0n) is 56.0. The fraction of sp³-hybridized carbons (Fsp3) is 0.222. The summed E-state index contributed by atoms with van der Waals surface area (Å²) in [6.07, 6.45) is -31.7. The number of aliphatic hydroxyl groups excluding tert-OH is 2. The lowest BCUT2D eigenvalue weighted by Crippen LogP contribution is -2.69. The van der Waals surface area contributed by atoms with Crippen molar-refractivity contribution in [1.29, 1.82) is 0 Å². The summed E-state index contributed by atoms with van der Waals surface area (Å²) in [4.78, 5) is 131. The van der Waals surface area contributed by atoms with Crippen LogP contribution in [-0.2, 0) is 66.3 Å². The van der Waals surface area contributed by atoms with Crippen molar-refractivity contribution in [3.05, 3.63) is 323 Å². The van der Waals surface area contributed by atoms with Gasteiger partial charge >= 0.3 is 53.7 Å². The first-order chi connectivity index (χ1) is 51.7. The molecular weight excluding hydrogens is 1370 g/mol. The van der Waals surface area contributed by atoms with Gasteiger partial charge in [0.1, 0.15) is 31.5 Å². The molecule has 0 aliphatic carbocycles. The molecule has 106 heavy (non-hydrogen) atoms. The third-order valence-electron chi connectivity index (χ3n) is 17.1. The topological polar surface area (TPSA) is 323 Å². The van der Waals surface area contributed by atoms with Gasteiger partial charge in [0.25, 0.3) is 0 Å². The summed E-state index contributed by atoms with van der Waals surface area (Å²) in [6.45, 7) is -2.80. The summed E-state index contributed by atoms with van der Waals surface area (Å²) < 4.78 is 89.8. The second-order valence-electron chi connectivity index (χ2n) is 24.1. The molecule has 3 heterocycles. The van der Waals surface area contributed by atoms with Crippen molar-refractivity contribution in [2.75, 3.05) is 19.8 Å². The molecule has 25 heteroatoms. The molecule has 0 amide bonds. The summed E-state index contributed by atoms with van der Waals surface area (Å²) in [7, 11) is 0. The summed E-state index contributed by atoms with van der Waals surface area (Å²) in [6, 6.07) is 67.6. The zero-order chi connectivity index (χ0) is 73.9. The quantitative estimate of drug-likeness (QED) is 0.0397. The number of aliphatic hydroxyl groups is 2. The Labute approximate surface area is 605 Å². The number of hydrogen-bond donors (Lipinski definition) is 2. The van der Waals surface area contributed by atoms with Crippen molar-refractivity contribution in [3.63, 3.8) is 0 Å². The number of benzene rings is 9. The predicted molar refractivity (Wildman–Crippen MR) is 368 cm³/mol. The monoisotopic (exact) mass is 1440 g/mol. The van der Waals surface area contributed by atoms with Crippen molar-refractivity contribution < 1.29 is 120 Å². The number of carbonyl (C=O) groups excluding carboxylic acids is 9. The maximum atomic E-state index is 15.2. The van der Waals surface area contributed by atoms with E-state index in [0.29, 0.717) is 0 Å². The van der Waals surface area contributed by atoms with Crippen LogP contribution in [0.2, 0.25) is 0 Å². The van der Waals surface area contributed by atoms with E-state index in [0.717, 1.165) is 0 Å². The lowest BCUT2D eigenvalue weighted by Gasteiger charge is -2.50. The first kappa shape index (κ1) is 73.7. The van der Waals surface area contributed by atoms with Gasteiger partial charge in [-0.25, -0.2) is 43.2 Å². The summed E-state index contributed by atoms with van der Waals surface area (Å²) in [5, 5.41) is 24.3. The van der Waals surface area contributed by atoms with Crippen LogP contribution in [0.3, 0.4) is 0 Å². The van der Waals surface area contributed by atoms with Crippen molar-refractivity contribution in [3.8, 4) is 0 Å². The molecule has 15 atom stereocenters. The van der Waals surface area contributed by atoms with E-state index >= 15 is 4.79 Å². The maximum absolute atomic E-state index is 15.2. The van der Waals surface area contributed by atoms with Crippen molar-refractivity contribution in [1.82, 2.24) is 0 Å². The van der Waals surface area contributed by atoms with Gasteiger partial charge in [0.05, 0.1) is 56.7 Å². The van der Waals surface area contributed by atoms with E-state index in [-0.39, 0.29) is 50.1 Å². The molecule has 542 valence electrons. The minimum absolute atomic E-state index is 0.0238. The Morgan fingerprint density at radius 3 is 0.745 bits per heavy atom. The first-order valence-electron chi connectivity index (χ1n) is 33.5. The molecule has 3 aliphatic heterocycles. The van der Waals surface area contributed by atoms with Gasteiger partial charge in [-0.05, 0) is 109 Å². The minimum Gasteiger partial charge on any atom is -0.459 e. The highest BCUT2D eigenvalue weighted by Crippen LogP contribution is 2.40. The van der Waals surface area contributed by atoms with Crippen LogP contribution >= 0.6 is 0 Å². The third-order valence-corrected chi connectivity index (χ3v) is 17.1. The summed E-state index contributed by atoms with van der Waals surface area (Å²) in [5.74, 6) is -9.56. The minimum atomic E-state index is -2.40. The van der Waals surface area contributed by atoms with Crippen LogP contribution in [0.5, 0.6) is 0 Å². The smallest absolute Gasteiger partial charge is 0.338 e. The Balaban J connectivity index is 1.04. The molecule has 12 rings (SSSR count). The number of hydrogen-bond acceptors (Lipinski definition) is 25. The van der Waals surface area contributed by atoms with Crippen molar-refractivity contribution in [2.24, 2.45) is 0 Å². The molecule has 9 aromatic rings. The van der Waals surface area contributed by atoms with E-state index in [1.807, 2.05) is 0 Å². The Kier molecular flexibility index (Phi) is 24.6. The first-order valence-corrected chi connectivity index (χ1v) is 33.5. The van der Waals surface area contributed by atoms with Gasteiger partial charge in [0.2, 0.25) is 0 Å². The highest BCUT2D eigenvalue weighted by Gasteiger charge is 2.61. The summed E-state index contributed by atoms with van der Waals surface area (Å²) >= 11 is 0. The van der Waals surface area contributed by atoms with Crippen LogP contribution in [0.4, 0.5) is 0 Å². The normalized spacial score (nSPS) is 23.9. The van der Waals surface area contributed by atoms with Crippen molar-refractivity contribution in [2.45, 2.75) is 92.1 Å². The van der Waals surface area contributed by atoms with Crippen LogP contribution in [0.25, 0.3) is 0 Å². The van der Waals surface area contributed by atoms with Gasteiger partial charge < -0.3 is 76.5 Å².